The summed E-state index contributed by atoms with van der Waals surface area (Å²) in [7, 11) is 0. The number of carbonyl (C=O) groups excluding carboxylic acids is 1. The van der Waals surface area contributed by atoms with Gasteiger partial charge in [-0.2, -0.15) is 0 Å². The van der Waals surface area contributed by atoms with E-state index in [-0.39, 0.29) is 17.8 Å². The van der Waals surface area contributed by atoms with Crippen LogP contribution in [0.2, 0.25) is 0 Å². The van der Waals surface area contributed by atoms with Crippen molar-refractivity contribution >= 4 is 17.3 Å². The molecule has 1 aromatic heterocycles. The number of hydrogen-bond donors (Lipinski definition) is 1. The van der Waals surface area contributed by atoms with Gasteiger partial charge in [0.25, 0.3) is 11.2 Å². The molecule has 0 radical (unpaired) electrons. The van der Waals surface area contributed by atoms with E-state index in [1.165, 1.54) is 29.1 Å². The molecule has 0 fully saturated rings. The van der Waals surface area contributed by atoms with Gasteiger partial charge in [-0.15, -0.1) is 0 Å². The highest BCUT2D eigenvalue weighted by Gasteiger charge is 2.12. The SMILES string of the molecule is CCOc1ccc(-c2cc(=O)n(CC(=O)Nc3cc([N+](=O)[O-])ccc3C)cn2)cc1. The standard InChI is InChI=1S/C21H20N4O5/c1-3-30-17-8-5-15(6-9-17)19-11-21(27)24(13-22-19)12-20(26)23-18-10-16(25(28)29)7-4-14(18)2/h4-11,13H,3,12H2,1-2H3,(H,23,26). The van der Waals surface area contributed by atoms with Crippen LogP contribution in [0, 0.1) is 17.0 Å². The van der Waals surface area contributed by atoms with Crippen molar-refractivity contribution in [2.24, 2.45) is 0 Å². The molecule has 0 aliphatic heterocycles. The average Bonchev–Trinajstić information content (AvgIpc) is 2.72. The van der Waals surface area contributed by atoms with Gasteiger partial charge in [0.1, 0.15) is 12.3 Å². The Kier molecular flexibility index (Phi) is 6.21. The largest absolute Gasteiger partial charge is 0.494 e. The lowest BCUT2D eigenvalue weighted by Crippen LogP contribution is -2.27. The van der Waals surface area contributed by atoms with Gasteiger partial charge in [0.2, 0.25) is 5.91 Å². The van der Waals surface area contributed by atoms with Crippen LogP contribution in [0.15, 0.2) is 59.7 Å². The Labute approximate surface area is 172 Å². The van der Waals surface area contributed by atoms with E-state index in [1.807, 2.05) is 6.92 Å². The molecule has 30 heavy (non-hydrogen) atoms. The Morgan fingerprint density at radius 2 is 1.93 bits per heavy atom. The van der Waals surface area contributed by atoms with E-state index in [1.54, 1.807) is 37.3 Å². The Bertz CT molecular complexity index is 1140. The number of amides is 1. The summed E-state index contributed by atoms with van der Waals surface area (Å²) < 4.78 is 6.56. The van der Waals surface area contributed by atoms with Crippen molar-refractivity contribution in [1.82, 2.24) is 9.55 Å². The second-order valence-electron chi connectivity index (χ2n) is 6.50. The Hall–Kier alpha value is -4.01. The number of benzene rings is 2. The number of anilines is 1. The lowest BCUT2D eigenvalue weighted by molar-refractivity contribution is -0.384. The highest BCUT2D eigenvalue weighted by atomic mass is 16.6. The normalized spacial score (nSPS) is 10.5. The molecular formula is C21H20N4O5. The molecule has 1 amide bonds. The van der Waals surface area contributed by atoms with Gasteiger partial charge in [-0.3, -0.25) is 24.3 Å². The first-order valence-electron chi connectivity index (χ1n) is 9.22. The van der Waals surface area contributed by atoms with Gasteiger partial charge in [0.05, 0.1) is 29.2 Å². The minimum Gasteiger partial charge on any atom is -0.494 e. The molecule has 9 heteroatoms. The number of nitrogens with one attached hydrogen (secondary N) is 1. The third-order valence-corrected chi connectivity index (χ3v) is 4.36. The number of ether oxygens (including phenoxy) is 1. The van der Waals surface area contributed by atoms with Gasteiger partial charge in [-0.05, 0) is 43.7 Å². The molecule has 3 aromatic rings. The third kappa shape index (κ3) is 4.88. The average molecular weight is 408 g/mol. The number of rotatable bonds is 7. The number of aryl methyl sites for hydroxylation is 1. The highest BCUT2D eigenvalue weighted by Crippen LogP contribution is 2.22. The van der Waals surface area contributed by atoms with Crippen LogP contribution in [0.4, 0.5) is 11.4 Å². The zero-order valence-corrected chi connectivity index (χ0v) is 16.5. The summed E-state index contributed by atoms with van der Waals surface area (Å²) in [6.07, 6.45) is 1.30. The molecule has 0 saturated carbocycles. The van der Waals surface area contributed by atoms with Gasteiger partial charge in [-0.1, -0.05) is 6.07 Å². The van der Waals surface area contributed by atoms with E-state index in [9.17, 15) is 19.7 Å². The summed E-state index contributed by atoms with van der Waals surface area (Å²) in [5.41, 5.74) is 1.70. The van der Waals surface area contributed by atoms with Crippen molar-refractivity contribution in [3.63, 3.8) is 0 Å². The second kappa shape index (κ2) is 8.99. The topological polar surface area (TPSA) is 116 Å². The number of nitro benzene ring substituents is 1. The Morgan fingerprint density at radius 3 is 2.57 bits per heavy atom. The van der Waals surface area contributed by atoms with Crippen LogP contribution in [0.25, 0.3) is 11.3 Å². The molecule has 1 heterocycles. The fourth-order valence-corrected chi connectivity index (χ4v) is 2.79. The van der Waals surface area contributed by atoms with Crippen LogP contribution in [0.5, 0.6) is 5.75 Å². The number of non-ortho nitro benzene ring substituents is 1. The fourth-order valence-electron chi connectivity index (χ4n) is 2.79. The molecule has 0 spiro atoms. The monoisotopic (exact) mass is 408 g/mol. The second-order valence-corrected chi connectivity index (χ2v) is 6.50. The summed E-state index contributed by atoms with van der Waals surface area (Å²) in [4.78, 5) is 39.4. The molecule has 9 nitrogen and oxygen atoms in total. The molecule has 3 rings (SSSR count). The maximum Gasteiger partial charge on any atom is 0.271 e. The van der Waals surface area contributed by atoms with Crippen LogP contribution in [0.3, 0.4) is 0 Å². The third-order valence-electron chi connectivity index (χ3n) is 4.36. The molecular weight excluding hydrogens is 388 g/mol. The van der Waals surface area contributed by atoms with Gasteiger partial charge in [0, 0.05) is 23.8 Å². The predicted octanol–water partition coefficient (Wildman–Crippen LogP) is 3.16. The number of nitrogens with zero attached hydrogens (tertiary/aromatic N) is 3. The van der Waals surface area contributed by atoms with Crippen molar-refractivity contribution in [2.75, 3.05) is 11.9 Å². The van der Waals surface area contributed by atoms with E-state index in [0.29, 0.717) is 23.6 Å². The molecule has 0 atom stereocenters. The summed E-state index contributed by atoms with van der Waals surface area (Å²) in [6, 6.07) is 12.7. The van der Waals surface area contributed by atoms with E-state index in [0.717, 1.165) is 11.3 Å². The molecule has 0 unspecified atom stereocenters. The minimum absolute atomic E-state index is 0.130. The first-order chi connectivity index (χ1) is 14.4. The van der Waals surface area contributed by atoms with E-state index in [4.69, 9.17) is 4.74 Å². The molecule has 154 valence electrons. The lowest BCUT2D eigenvalue weighted by Gasteiger charge is -2.10. The van der Waals surface area contributed by atoms with Crippen LogP contribution in [-0.4, -0.2) is 27.0 Å². The Morgan fingerprint density at radius 1 is 1.20 bits per heavy atom. The molecule has 0 saturated heterocycles. The first kappa shape index (κ1) is 20.7. The van der Waals surface area contributed by atoms with Crippen molar-refractivity contribution < 1.29 is 14.5 Å². The maximum atomic E-state index is 12.4. The zero-order chi connectivity index (χ0) is 21.7. The predicted molar refractivity (Wildman–Crippen MR) is 112 cm³/mol. The zero-order valence-electron chi connectivity index (χ0n) is 16.5. The van der Waals surface area contributed by atoms with Crippen LogP contribution in [-0.2, 0) is 11.3 Å². The Balaban J connectivity index is 1.73. The molecule has 0 bridgehead atoms. The van der Waals surface area contributed by atoms with Crippen molar-refractivity contribution in [2.45, 2.75) is 20.4 Å². The number of aromatic nitrogens is 2. The van der Waals surface area contributed by atoms with Gasteiger partial charge in [0.15, 0.2) is 0 Å². The minimum atomic E-state index is -0.539. The molecule has 0 aliphatic rings. The van der Waals surface area contributed by atoms with E-state index >= 15 is 0 Å². The number of nitro groups is 1. The van der Waals surface area contributed by atoms with Gasteiger partial charge >= 0.3 is 0 Å². The van der Waals surface area contributed by atoms with Crippen molar-refractivity contribution in [3.8, 4) is 17.0 Å². The first-order valence-corrected chi connectivity index (χ1v) is 9.22. The number of hydrogen-bond acceptors (Lipinski definition) is 6. The molecule has 0 aliphatic carbocycles. The van der Waals surface area contributed by atoms with E-state index < -0.39 is 10.8 Å². The quantitative estimate of drug-likeness (QED) is 0.474. The fraction of sp³-hybridized carbons (Fsp3) is 0.190. The van der Waals surface area contributed by atoms with Gasteiger partial charge < -0.3 is 10.1 Å². The molecule has 2 aromatic carbocycles. The molecule has 1 N–H and O–H groups in total. The van der Waals surface area contributed by atoms with Crippen LogP contribution >= 0.6 is 0 Å². The van der Waals surface area contributed by atoms with Crippen molar-refractivity contribution in [1.29, 1.82) is 0 Å². The van der Waals surface area contributed by atoms with Crippen LogP contribution < -0.4 is 15.6 Å². The summed E-state index contributed by atoms with van der Waals surface area (Å²) in [5, 5.41) is 13.5. The number of carbonyl (C=O) groups is 1. The summed E-state index contributed by atoms with van der Waals surface area (Å²) in [5.74, 6) is 0.235. The summed E-state index contributed by atoms with van der Waals surface area (Å²) >= 11 is 0. The van der Waals surface area contributed by atoms with Gasteiger partial charge in [-0.25, -0.2) is 4.98 Å². The van der Waals surface area contributed by atoms with E-state index in [2.05, 4.69) is 10.3 Å². The highest BCUT2D eigenvalue weighted by molar-refractivity contribution is 5.91. The van der Waals surface area contributed by atoms with Crippen molar-refractivity contribution in [3.05, 3.63) is 80.9 Å². The smallest absolute Gasteiger partial charge is 0.271 e. The lowest BCUT2D eigenvalue weighted by atomic mass is 10.1. The summed E-state index contributed by atoms with van der Waals surface area (Å²) in [6.45, 7) is 3.91. The maximum absolute atomic E-state index is 12.4. The van der Waals surface area contributed by atoms with Crippen LogP contribution in [0.1, 0.15) is 12.5 Å².